The lowest BCUT2D eigenvalue weighted by atomic mass is 10.2. The molecule has 7 nitrogen and oxygen atoms in total. The highest BCUT2D eigenvalue weighted by Crippen LogP contribution is 2.14. The molecule has 0 aromatic heterocycles. The van der Waals surface area contributed by atoms with Crippen molar-refractivity contribution in [3.8, 4) is 0 Å². The Bertz CT molecular complexity index is 466. The molecule has 3 N–H and O–H groups in total. The van der Waals surface area contributed by atoms with Gasteiger partial charge in [-0.3, -0.25) is 15.4 Å². The van der Waals surface area contributed by atoms with Crippen LogP contribution in [0.3, 0.4) is 0 Å². The first-order valence-electron chi connectivity index (χ1n) is 6.38. The average molecular weight is 279 g/mol. The first-order valence-corrected chi connectivity index (χ1v) is 6.38. The number of hydrogen-bond acceptors (Lipinski definition) is 5. The minimum atomic E-state index is -0.619. The summed E-state index contributed by atoms with van der Waals surface area (Å²) < 4.78 is 5.07. The monoisotopic (exact) mass is 279 g/mol. The normalized spacial score (nSPS) is 18.6. The Balaban J connectivity index is 1.80. The van der Waals surface area contributed by atoms with E-state index in [2.05, 4.69) is 5.43 Å². The second kappa shape index (κ2) is 6.88. The van der Waals surface area contributed by atoms with E-state index in [1.165, 1.54) is 5.01 Å². The fraction of sp³-hybridized carbons (Fsp3) is 0.385. The van der Waals surface area contributed by atoms with E-state index in [-0.39, 0.29) is 6.61 Å². The molecule has 2 amide bonds. The predicted octanol–water partition coefficient (Wildman–Crippen LogP) is 0.798. The van der Waals surface area contributed by atoms with E-state index >= 15 is 0 Å². The van der Waals surface area contributed by atoms with Crippen LogP contribution in [0.5, 0.6) is 0 Å². The summed E-state index contributed by atoms with van der Waals surface area (Å²) in [7, 11) is 0. The summed E-state index contributed by atoms with van der Waals surface area (Å²) in [5, 5.41) is 10.1. The van der Waals surface area contributed by atoms with E-state index < -0.39 is 18.0 Å². The lowest BCUT2D eigenvalue weighted by molar-refractivity contribution is -0.134. The summed E-state index contributed by atoms with van der Waals surface area (Å²) in [5.41, 5.74) is 4.99. The highest BCUT2D eigenvalue weighted by Gasteiger charge is 2.32. The second-order valence-corrected chi connectivity index (χ2v) is 4.50. The Morgan fingerprint density at radius 1 is 1.35 bits per heavy atom. The van der Waals surface area contributed by atoms with E-state index in [4.69, 9.17) is 9.94 Å². The van der Waals surface area contributed by atoms with Gasteiger partial charge < -0.3 is 4.74 Å². The third-order valence-corrected chi connectivity index (χ3v) is 3.11. The number of rotatable bonds is 4. The summed E-state index contributed by atoms with van der Waals surface area (Å²) in [4.78, 5) is 23.1. The average Bonchev–Trinajstić information content (AvgIpc) is 2.93. The first kappa shape index (κ1) is 14.3. The molecule has 108 valence electrons. The summed E-state index contributed by atoms with van der Waals surface area (Å²) >= 11 is 0. The van der Waals surface area contributed by atoms with E-state index in [0.717, 1.165) is 12.0 Å². The highest BCUT2D eigenvalue weighted by atomic mass is 16.6. The van der Waals surface area contributed by atoms with Gasteiger partial charge in [-0.15, -0.1) is 0 Å². The Kier molecular flexibility index (Phi) is 4.91. The maximum absolute atomic E-state index is 11.7. The predicted molar refractivity (Wildman–Crippen MR) is 69.4 cm³/mol. The fourth-order valence-electron chi connectivity index (χ4n) is 2.12. The third kappa shape index (κ3) is 3.69. The van der Waals surface area contributed by atoms with Gasteiger partial charge in [0.2, 0.25) is 0 Å². The van der Waals surface area contributed by atoms with Gasteiger partial charge in [0.15, 0.2) is 0 Å². The number of carbonyl (C=O) groups excluding carboxylic acids is 2. The van der Waals surface area contributed by atoms with Gasteiger partial charge in [-0.1, -0.05) is 30.3 Å². The molecule has 1 fully saturated rings. The van der Waals surface area contributed by atoms with Crippen LogP contribution in [0.1, 0.15) is 18.4 Å². The van der Waals surface area contributed by atoms with Crippen LogP contribution in [0.4, 0.5) is 4.79 Å². The molecule has 20 heavy (non-hydrogen) atoms. The van der Waals surface area contributed by atoms with Crippen molar-refractivity contribution >= 4 is 12.0 Å². The molecule has 0 saturated carbocycles. The summed E-state index contributed by atoms with van der Waals surface area (Å²) in [5.74, 6) is -0.536. The van der Waals surface area contributed by atoms with Crippen LogP contribution in [-0.2, 0) is 16.1 Å². The Morgan fingerprint density at radius 3 is 2.80 bits per heavy atom. The molecular weight excluding hydrogens is 262 g/mol. The number of ether oxygens (including phenoxy) is 1. The highest BCUT2D eigenvalue weighted by molar-refractivity contribution is 5.81. The Morgan fingerprint density at radius 2 is 2.10 bits per heavy atom. The molecule has 0 spiro atoms. The lowest BCUT2D eigenvalue weighted by Crippen LogP contribution is -2.51. The minimum absolute atomic E-state index is 0.164. The van der Waals surface area contributed by atoms with Crippen LogP contribution in [0, 0.1) is 0 Å². The van der Waals surface area contributed by atoms with E-state index in [9.17, 15) is 9.59 Å². The number of amides is 2. The maximum atomic E-state index is 11.7. The largest absolute Gasteiger partial charge is 0.444 e. The number of hydroxylamine groups is 1. The molecule has 0 radical (unpaired) electrons. The van der Waals surface area contributed by atoms with Gasteiger partial charge in [0.25, 0.3) is 5.91 Å². The zero-order valence-corrected chi connectivity index (χ0v) is 10.9. The van der Waals surface area contributed by atoms with Crippen LogP contribution >= 0.6 is 0 Å². The molecule has 1 aromatic rings. The Hall–Kier alpha value is -2.12. The number of nitrogens with one attached hydrogen (secondary N) is 2. The first-order chi connectivity index (χ1) is 9.70. The molecule has 2 rings (SSSR count). The Labute approximate surface area is 116 Å². The summed E-state index contributed by atoms with van der Waals surface area (Å²) in [6.45, 7) is 0.704. The van der Waals surface area contributed by atoms with Crippen LogP contribution in [0.15, 0.2) is 30.3 Å². The lowest BCUT2D eigenvalue weighted by Gasteiger charge is -2.22. The van der Waals surface area contributed by atoms with E-state index in [1.807, 2.05) is 30.3 Å². The molecule has 1 saturated heterocycles. The SMILES string of the molecule is O=C(NN1CCC[C@H]1C(=O)NO)OCc1ccccc1. The molecule has 7 heteroatoms. The molecule has 1 aromatic carbocycles. The number of nitrogens with zero attached hydrogens (tertiary/aromatic N) is 1. The van der Waals surface area contributed by atoms with Crippen molar-refractivity contribution in [2.24, 2.45) is 0 Å². The van der Waals surface area contributed by atoms with Gasteiger partial charge in [0, 0.05) is 6.54 Å². The molecule has 1 atom stereocenters. The minimum Gasteiger partial charge on any atom is -0.444 e. The molecule has 1 aliphatic rings. The number of hydrazine groups is 1. The van der Waals surface area contributed by atoms with E-state index in [1.54, 1.807) is 5.48 Å². The van der Waals surface area contributed by atoms with Gasteiger partial charge in [-0.05, 0) is 18.4 Å². The fourth-order valence-corrected chi connectivity index (χ4v) is 2.12. The zero-order chi connectivity index (χ0) is 14.4. The van der Waals surface area contributed by atoms with Gasteiger partial charge in [-0.25, -0.2) is 15.3 Å². The van der Waals surface area contributed by atoms with Crippen molar-refractivity contribution in [1.82, 2.24) is 15.9 Å². The van der Waals surface area contributed by atoms with Crippen molar-refractivity contribution in [2.45, 2.75) is 25.5 Å². The van der Waals surface area contributed by atoms with Gasteiger partial charge in [0.1, 0.15) is 12.6 Å². The summed E-state index contributed by atoms with van der Waals surface area (Å²) in [6.07, 6.45) is 0.717. The van der Waals surface area contributed by atoms with Gasteiger partial charge in [0.05, 0.1) is 0 Å². The van der Waals surface area contributed by atoms with E-state index in [0.29, 0.717) is 13.0 Å². The second-order valence-electron chi connectivity index (χ2n) is 4.50. The van der Waals surface area contributed by atoms with Crippen LogP contribution in [0.25, 0.3) is 0 Å². The molecule has 1 heterocycles. The van der Waals surface area contributed by atoms with Crippen LogP contribution < -0.4 is 10.9 Å². The quantitative estimate of drug-likeness (QED) is 0.560. The van der Waals surface area contributed by atoms with Crippen molar-refractivity contribution in [3.63, 3.8) is 0 Å². The topological polar surface area (TPSA) is 90.9 Å². The van der Waals surface area contributed by atoms with Gasteiger partial charge >= 0.3 is 6.09 Å². The maximum Gasteiger partial charge on any atom is 0.422 e. The van der Waals surface area contributed by atoms with Gasteiger partial charge in [-0.2, -0.15) is 0 Å². The number of benzene rings is 1. The standard InChI is InChI=1S/C13H17N3O4/c17-12(15-19)11-7-4-8-16(11)14-13(18)20-9-10-5-2-1-3-6-10/h1-3,5-6,11,19H,4,7-9H2,(H,14,18)(H,15,17)/t11-/m0/s1. The molecule has 0 bridgehead atoms. The number of carbonyl (C=O) groups is 2. The molecular formula is C13H17N3O4. The third-order valence-electron chi connectivity index (χ3n) is 3.11. The van der Waals surface area contributed by atoms with Crippen molar-refractivity contribution < 1.29 is 19.5 Å². The number of hydrogen-bond donors (Lipinski definition) is 3. The smallest absolute Gasteiger partial charge is 0.422 e. The molecule has 1 aliphatic heterocycles. The van der Waals surface area contributed by atoms with Crippen molar-refractivity contribution in [2.75, 3.05) is 6.54 Å². The van der Waals surface area contributed by atoms with Crippen molar-refractivity contribution in [1.29, 1.82) is 0 Å². The van der Waals surface area contributed by atoms with Crippen LogP contribution in [-0.4, -0.2) is 34.8 Å². The van der Waals surface area contributed by atoms with Crippen LogP contribution in [0.2, 0.25) is 0 Å². The molecule has 0 unspecified atom stereocenters. The summed E-state index contributed by atoms with van der Waals surface area (Å²) in [6, 6.07) is 8.74. The zero-order valence-electron chi connectivity index (χ0n) is 10.9. The molecule has 0 aliphatic carbocycles. The van der Waals surface area contributed by atoms with Crippen molar-refractivity contribution in [3.05, 3.63) is 35.9 Å².